The molecular formula is C16H15ClO4S2. The summed E-state index contributed by atoms with van der Waals surface area (Å²) < 4.78 is 26.4. The van der Waals surface area contributed by atoms with Crippen LogP contribution in [0.1, 0.15) is 17.7 Å². The van der Waals surface area contributed by atoms with Gasteiger partial charge in [0.25, 0.3) is 0 Å². The number of carbonyl (C=O) groups is 1. The summed E-state index contributed by atoms with van der Waals surface area (Å²) in [5, 5.41) is -0.797. The van der Waals surface area contributed by atoms with Crippen molar-refractivity contribution >= 4 is 37.5 Å². The largest absolute Gasteiger partial charge is 0.465 e. The van der Waals surface area contributed by atoms with Gasteiger partial charge in [-0.3, -0.25) is 4.79 Å². The molecule has 122 valence electrons. The molecule has 7 heteroatoms. The first-order valence-electron chi connectivity index (χ1n) is 6.82. The van der Waals surface area contributed by atoms with Gasteiger partial charge in [0, 0.05) is 21.8 Å². The third-order valence-corrected chi connectivity index (χ3v) is 5.16. The Morgan fingerprint density at radius 1 is 1.26 bits per heavy atom. The van der Waals surface area contributed by atoms with Gasteiger partial charge in [0.05, 0.1) is 6.61 Å². The zero-order valence-corrected chi connectivity index (χ0v) is 14.7. The quantitative estimate of drug-likeness (QED) is 0.810. The van der Waals surface area contributed by atoms with Gasteiger partial charge in [0.1, 0.15) is 0 Å². The molecule has 2 unspecified atom stereocenters. The van der Waals surface area contributed by atoms with Crippen molar-refractivity contribution in [1.29, 1.82) is 0 Å². The summed E-state index contributed by atoms with van der Waals surface area (Å²) in [5.41, 5.74) is 1.99. The average Bonchev–Trinajstić information content (AvgIpc) is 2.48. The summed E-state index contributed by atoms with van der Waals surface area (Å²) in [6.07, 6.45) is 0. The van der Waals surface area contributed by atoms with Crippen LogP contribution in [0.2, 0.25) is 5.02 Å². The van der Waals surface area contributed by atoms with E-state index in [0.717, 1.165) is 11.1 Å². The van der Waals surface area contributed by atoms with Gasteiger partial charge < -0.3 is 9.29 Å². The molecule has 0 aliphatic carbocycles. The van der Waals surface area contributed by atoms with Gasteiger partial charge in [-0.05, 0) is 24.1 Å². The van der Waals surface area contributed by atoms with Gasteiger partial charge in [-0.2, -0.15) is 0 Å². The Morgan fingerprint density at radius 3 is 2.39 bits per heavy atom. The molecule has 23 heavy (non-hydrogen) atoms. The minimum atomic E-state index is -3.79. The summed E-state index contributed by atoms with van der Waals surface area (Å²) in [4.78, 5) is 12.0. The Hall–Kier alpha value is -1.47. The van der Waals surface area contributed by atoms with Crippen LogP contribution in [0.15, 0.2) is 48.5 Å². The first kappa shape index (κ1) is 17.9. The molecule has 0 spiro atoms. The number of hydrogen-bond donors (Lipinski definition) is 1. The molecule has 0 saturated carbocycles. The van der Waals surface area contributed by atoms with Crippen molar-refractivity contribution in [2.24, 2.45) is 0 Å². The molecule has 0 aromatic heterocycles. The molecule has 2 aromatic carbocycles. The van der Waals surface area contributed by atoms with E-state index in [4.69, 9.17) is 16.3 Å². The van der Waals surface area contributed by atoms with Crippen LogP contribution in [-0.2, 0) is 29.5 Å². The van der Waals surface area contributed by atoms with Crippen LogP contribution in [0.5, 0.6) is 0 Å². The van der Waals surface area contributed by atoms with E-state index in [0.29, 0.717) is 10.6 Å². The van der Waals surface area contributed by atoms with E-state index in [1.807, 2.05) is 18.2 Å². The second kappa shape index (κ2) is 7.40. The van der Waals surface area contributed by atoms with Crippen LogP contribution >= 0.6 is 11.6 Å². The SMILES string of the molecule is CCOC(=O)C(c1ccc(-c2ccccc2Cl)cc1)S(=O)(O)=S. The summed E-state index contributed by atoms with van der Waals surface area (Å²) in [6.45, 7) is 1.73. The number of halogens is 1. The molecule has 0 fully saturated rings. The van der Waals surface area contributed by atoms with E-state index in [1.165, 1.54) is 0 Å². The van der Waals surface area contributed by atoms with Crippen molar-refractivity contribution in [2.75, 3.05) is 6.61 Å². The van der Waals surface area contributed by atoms with Gasteiger partial charge >= 0.3 is 5.97 Å². The third-order valence-electron chi connectivity index (χ3n) is 3.20. The second-order valence-corrected chi connectivity index (χ2v) is 8.09. The molecule has 0 saturated heterocycles. The number of rotatable bonds is 5. The summed E-state index contributed by atoms with van der Waals surface area (Å²) in [6, 6.07) is 13.9. The Labute approximate surface area is 144 Å². The molecule has 0 amide bonds. The molecule has 0 aliphatic heterocycles. The van der Waals surface area contributed by atoms with E-state index in [9.17, 15) is 13.6 Å². The van der Waals surface area contributed by atoms with Crippen molar-refractivity contribution in [1.82, 2.24) is 0 Å². The van der Waals surface area contributed by atoms with Gasteiger partial charge in [0.15, 0.2) is 14.0 Å². The Balaban J connectivity index is 2.40. The van der Waals surface area contributed by atoms with Crippen LogP contribution < -0.4 is 0 Å². The number of carbonyl (C=O) groups excluding carboxylic acids is 1. The molecule has 2 aromatic rings. The Morgan fingerprint density at radius 2 is 1.87 bits per heavy atom. The summed E-state index contributed by atoms with van der Waals surface area (Å²) in [7, 11) is -3.79. The fourth-order valence-electron chi connectivity index (χ4n) is 2.18. The van der Waals surface area contributed by atoms with Gasteiger partial charge in [0.2, 0.25) is 0 Å². The number of benzene rings is 2. The van der Waals surface area contributed by atoms with E-state index in [2.05, 4.69) is 11.2 Å². The molecule has 0 heterocycles. The van der Waals surface area contributed by atoms with Crippen molar-refractivity contribution in [3.8, 4) is 11.1 Å². The Bertz CT molecular complexity index is 801. The maximum absolute atomic E-state index is 12.0. The minimum absolute atomic E-state index is 0.109. The highest BCUT2D eigenvalue weighted by Crippen LogP contribution is 2.30. The highest BCUT2D eigenvalue weighted by Gasteiger charge is 2.31. The monoisotopic (exact) mass is 370 g/mol. The first-order valence-corrected chi connectivity index (χ1v) is 9.70. The summed E-state index contributed by atoms with van der Waals surface area (Å²) in [5.74, 6) is -0.805. The van der Waals surface area contributed by atoms with Crippen molar-refractivity contribution in [2.45, 2.75) is 12.2 Å². The molecule has 1 N–H and O–H groups in total. The number of ether oxygens (including phenoxy) is 1. The highest BCUT2D eigenvalue weighted by atomic mass is 35.5. The third kappa shape index (κ3) is 4.29. The predicted octanol–water partition coefficient (Wildman–Crippen LogP) is 3.83. The van der Waals surface area contributed by atoms with Crippen LogP contribution in [0, 0.1) is 0 Å². The van der Waals surface area contributed by atoms with Crippen LogP contribution in [0.25, 0.3) is 11.1 Å². The average molecular weight is 371 g/mol. The minimum Gasteiger partial charge on any atom is -0.465 e. The van der Waals surface area contributed by atoms with Gasteiger partial charge in [-0.1, -0.05) is 54.1 Å². The lowest BCUT2D eigenvalue weighted by molar-refractivity contribution is -0.142. The summed E-state index contributed by atoms with van der Waals surface area (Å²) >= 11 is 10.7. The van der Waals surface area contributed by atoms with Crippen molar-refractivity contribution in [3.63, 3.8) is 0 Å². The fourth-order valence-corrected chi connectivity index (χ4v) is 3.81. The molecule has 0 radical (unpaired) electrons. The molecule has 0 aliphatic rings. The second-order valence-electron chi connectivity index (χ2n) is 4.75. The number of hydrogen-bond acceptors (Lipinski definition) is 4. The Kier molecular flexibility index (Phi) is 5.75. The standard InChI is InChI=1S/C16H15ClO4S2/c1-2-21-16(18)15(23(19,20)22)12-9-7-11(8-10-12)13-5-3-4-6-14(13)17/h3-10,15H,2H2,1H3,(H,19,20,22). The molecule has 0 bridgehead atoms. The van der Waals surface area contributed by atoms with E-state index in [-0.39, 0.29) is 6.61 Å². The van der Waals surface area contributed by atoms with Crippen LogP contribution in [0.3, 0.4) is 0 Å². The van der Waals surface area contributed by atoms with E-state index >= 15 is 0 Å². The zero-order chi connectivity index (χ0) is 17.0. The van der Waals surface area contributed by atoms with Gasteiger partial charge in [-0.25, -0.2) is 4.21 Å². The lowest BCUT2D eigenvalue weighted by Crippen LogP contribution is -2.23. The van der Waals surface area contributed by atoms with Crippen LogP contribution in [0.4, 0.5) is 0 Å². The normalized spacial score (nSPS) is 14.7. The maximum atomic E-state index is 12.0. The fraction of sp³-hybridized carbons (Fsp3) is 0.188. The van der Waals surface area contributed by atoms with Crippen molar-refractivity contribution in [3.05, 3.63) is 59.1 Å². The first-order chi connectivity index (χ1) is 10.8. The smallest absolute Gasteiger partial charge is 0.328 e. The molecule has 2 rings (SSSR count). The number of esters is 1. The molecule has 4 nitrogen and oxygen atoms in total. The lowest BCUT2D eigenvalue weighted by Gasteiger charge is -2.15. The maximum Gasteiger partial charge on any atom is 0.328 e. The molecular weight excluding hydrogens is 356 g/mol. The zero-order valence-electron chi connectivity index (χ0n) is 12.3. The molecule has 2 atom stereocenters. The van der Waals surface area contributed by atoms with Crippen molar-refractivity contribution < 1.29 is 18.3 Å². The topological polar surface area (TPSA) is 63.6 Å². The van der Waals surface area contributed by atoms with Crippen LogP contribution in [-0.4, -0.2) is 21.3 Å². The van der Waals surface area contributed by atoms with E-state index < -0.39 is 20.0 Å². The highest BCUT2D eigenvalue weighted by molar-refractivity contribution is 8.30. The van der Waals surface area contributed by atoms with Gasteiger partial charge in [-0.15, -0.1) is 0 Å². The predicted molar refractivity (Wildman–Crippen MR) is 94.4 cm³/mol. The van der Waals surface area contributed by atoms with E-state index in [1.54, 1.807) is 37.3 Å². The lowest BCUT2D eigenvalue weighted by atomic mass is 10.0.